The van der Waals surface area contributed by atoms with Crippen LogP contribution in [0.2, 0.25) is 0 Å². The SMILES string of the molecule is Cc1ncn(C(=O)c2cn3c4c(c(N5CCC(NC(=O)OC(C)(C)C)C5)c(F)cc4c2=O)Cc2cc4ccccc4cc2-3)c1CO. The monoisotopic (exact) mass is 623 g/mol. The molecule has 0 saturated carbocycles. The lowest BCUT2D eigenvalue weighted by atomic mass is 9.91. The maximum Gasteiger partial charge on any atom is 0.407 e. The van der Waals surface area contributed by atoms with Crippen molar-refractivity contribution in [2.24, 2.45) is 0 Å². The van der Waals surface area contributed by atoms with Crippen LogP contribution in [0.3, 0.4) is 0 Å². The molecule has 0 radical (unpaired) electrons. The number of hydrogen-bond donors (Lipinski definition) is 2. The summed E-state index contributed by atoms with van der Waals surface area (Å²) in [5, 5.41) is 14.9. The molecule has 1 unspecified atom stereocenters. The van der Waals surface area contributed by atoms with Crippen LogP contribution in [-0.4, -0.2) is 56.0 Å². The zero-order chi connectivity index (χ0) is 32.5. The summed E-state index contributed by atoms with van der Waals surface area (Å²) in [5.74, 6) is -1.23. The minimum absolute atomic E-state index is 0.0888. The van der Waals surface area contributed by atoms with Gasteiger partial charge < -0.3 is 24.6 Å². The number of benzene rings is 3. The van der Waals surface area contributed by atoms with Crippen molar-refractivity contribution in [1.29, 1.82) is 0 Å². The van der Waals surface area contributed by atoms with Crippen molar-refractivity contribution < 1.29 is 23.8 Å². The summed E-state index contributed by atoms with van der Waals surface area (Å²) in [7, 11) is 0. The normalized spacial score (nSPS) is 15.8. The van der Waals surface area contributed by atoms with Gasteiger partial charge in [0, 0.05) is 37.0 Å². The average Bonchev–Trinajstić information content (AvgIpc) is 3.61. The van der Waals surface area contributed by atoms with Crippen molar-refractivity contribution in [2.45, 2.75) is 58.8 Å². The first kappa shape index (κ1) is 29.7. The van der Waals surface area contributed by atoms with Crippen LogP contribution < -0.4 is 15.6 Å². The molecule has 11 heteroatoms. The number of anilines is 1. The van der Waals surface area contributed by atoms with Gasteiger partial charge in [-0.1, -0.05) is 24.3 Å². The number of fused-ring (bicyclic) bond motifs is 3. The van der Waals surface area contributed by atoms with Crippen molar-refractivity contribution in [2.75, 3.05) is 18.0 Å². The van der Waals surface area contributed by atoms with E-state index in [0.717, 1.165) is 22.0 Å². The Hall–Kier alpha value is -5.03. The van der Waals surface area contributed by atoms with Crippen molar-refractivity contribution in [3.8, 4) is 5.69 Å². The van der Waals surface area contributed by atoms with Gasteiger partial charge in [-0.3, -0.25) is 14.2 Å². The number of pyridine rings is 1. The van der Waals surface area contributed by atoms with Crippen molar-refractivity contribution in [1.82, 2.24) is 19.4 Å². The number of hydrogen-bond acceptors (Lipinski definition) is 7. The molecule has 7 rings (SSSR count). The van der Waals surface area contributed by atoms with Crippen molar-refractivity contribution in [3.05, 3.63) is 99.1 Å². The molecule has 10 nitrogen and oxygen atoms in total. The summed E-state index contributed by atoms with van der Waals surface area (Å²) >= 11 is 0. The zero-order valence-electron chi connectivity index (χ0n) is 26.1. The summed E-state index contributed by atoms with van der Waals surface area (Å²) in [6.07, 6.45) is 3.25. The van der Waals surface area contributed by atoms with Crippen LogP contribution in [0, 0.1) is 12.7 Å². The van der Waals surface area contributed by atoms with Crippen LogP contribution in [0.1, 0.15) is 60.1 Å². The number of aryl methyl sites for hydroxylation is 1. The standard InChI is InChI=1S/C35H34FN5O5/c1-19-29(17-42)41(18-37-19)33(44)26-16-40-28-13-21-8-6-5-7-20(21)11-22(28)12-24-30(40)25(32(26)43)14-27(36)31(24)39-10-9-23(15-39)38-34(45)46-35(2,3)4/h5-8,11,13-14,16,18,23,42H,9-10,12,15,17H2,1-4H3,(H,38,45). The maximum absolute atomic E-state index is 16.3. The third-order valence-corrected chi connectivity index (χ3v) is 8.79. The quantitative estimate of drug-likeness (QED) is 0.285. The molecule has 0 bridgehead atoms. The van der Waals surface area contributed by atoms with E-state index in [0.29, 0.717) is 48.4 Å². The number of aliphatic hydroxyl groups is 1. The van der Waals surface area contributed by atoms with Gasteiger partial charge in [0.15, 0.2) is 0 Å². The summed E-state index contributed by atoms with van der Waals surface area (Å²) in [5.41, 5.74) is 2.59. The smallest absolute Gasteiger partial charge is 0.407 e. The van der Waals surface area contributed by atoms with Gasteiger partial charge >= 0.3 is 6.09 Å². The summed E-state index contributed by atoms with van der Waals surface area (Å²) in [6, 6.07) is 13.0. The fourth-order valence-electron chi connectivity index (χ4n) is 6.72. The Morgan fingerprint density at radius 1 is 1.15 bits per heavy atom. The topological polar surface area (TPSA) is 119 Å². The Kier molecular flexibility index (Phi) is 6.97. The van der Waals surface area contributed by atoms with E-state index in [1.54, 1.807) is 27.7 Å². The Morgan fingerprint density at radius 3 is 2.61 bits per heavy atom. The first-order valence-corrected chi connectivity index (χ1v) is 15.3. The lowest BCUT2D eigenvalue weighted by molar-refractivity contribution is 0.0508. The largest absolute Gasteiger partial charge is 0.444 e. The number of halogens is 1. The van der Waals surface area contributed by atoms with Gasteiger partial charge in [0.25, 0.3) is 5.91 Å². The van der Waals surface area contributed by atoms with Crippen LogP contribution in [0.4, 0.5) is 14.9 Å². The number of aromatic nitrogens is 3. The molecule has 4 heterocycles. The Morgan fingerprint density at radius 2 is 1.89 bits per heavy atom. The van der Waals surface area contributed by atoms with Crippen molar-refractivity contribution in [3.63, 3.8) is 0 Å². The third-order valence-electron chi connectivity index (χ3n) is 8.79. The molecule has 2 aliphatic heterocycles. The number of ether oxygens (including phenoxy) is 1. The van der Waals surface area contributed by atoms with Crippen LogP contribution in [0.5, 0.6) is 0 Å². The molecular formula is C35H34FN5O5. The second-order valence-corrected chi connectivity index (χ2v) is 13.0. The van der Waals surface area contributed by atoms with Gasteiger partial charge in [0.05, 0.1) is 40.6 Å². The Balaban J connectivity index is 1.40. The zero-order valence-corrected chi connectivity index (χ0v) is 26.1. The van der Waals surface area contributed by atoms with Crippen molar-refractivity contribution >= 4 is 39.4 Å². The molecule has 0 spiro atoms. The van der Waals surface area contributed by atoms with E-state index >= 15 is 4.39 Å². The Labute approximate surface area is 264 Å². The number of rotatable bonds is 4. The highest BCUT2D eigenvalue weighted by molar-refractivity contribution is 6.02. The molecule has 5 aromatic rings. The molecule has 1 amide bonds. The minimum Gasteiger partial charge on any atom is -0.444 e. The summed E-state index contributed by atoms with van der Waals surface area (Å²) in [6.45, 7) is 7.48. The van der Waals surface area contributed by atoms with E-state index in [1.165, 1.54) is 23.2 Å². The fraction of sp³-hybridized carbons (Fsp3) is 0.314. The summed E-state index contributed by atoms with van der Waals surface area (Å²) in [4.78, 5) is 46.4. The first-order chi connectivity index (χ1) is 21.9. The highest BCUT2D eigenvalue weighted by Gasteiger charge is 2.33. The maximum atomic E-state index is 16.3. The average molecular weight is 624 g/mol. The molecule has 236 valence electrons. The molecule has 2 aromatic heterocycles. The molecule has 1 atom stereocenters. The lowest BCUT2D eigenvalue weighted by Gasteiger charge is -2.30. The molecule has 0 aliphatic carbocycles. The minimum atomic E-state index is -0.658. The molecule has 3 aromatic carbocycles. The third kappa shape index (κ3) is 4.91. The second-order valence-electron chi connectivity index (χ2n) is 13.0. The van der Waals surface area contributed by atoms with E-state index < -0.39 is 35.5 Å². The Bertz CT molecular complexity index is 2140. The second kappa shape index (κ2) is 10.8. The van der Waals surface area contributed by atoms with E-state index in [-0.39, 0.29) is 22.7 Å². The molecular weight excluding hydrogens is 589 g/mol. The number of alkyl carbamates (subject to hydrolysis) is 1. The highest BCUT2D eigenvalue weighted by Crippen LogP contribution is 2.41. The van der Waals surface area contributed by atoms with Crippen LogP contribution in [0.25, 0.3) is 27.4 Å². The molecule has 2 aliphatic rings. The number of imidazole rings is 1. The van der Waals surface area contributed by atoms with E-state index in [2.05, 4.69) is 16.4 Å². The fourth-order valence-corrected chi connectivity index (χ4v) is 6.72. The van der Waals surface area contributed by atoms with Gasteiger partial charge in [0.1, 0.15) is 23.3 Å². The number of aliphatic hydroxyl groups excluding tert-OH is 1. The summed E-state index contributed by atoms with van der Waals surface area (Å²) < 4.78 is 24.8. The number of carbonyl (C=O) groups is 2. The molecule has 1 fully saturated rings. The molecule has 2 N–H and O–H groups in total. The van der Waals surface area contributed by atoms with Gasteiger partial charge in [-0.15, -0.1) is 0 Å². The van der Waals surface area contributed by atoms with E-state index in [9.17, 15) is 19.5 Å². The number of carbonyl (C=O) groups excluding carboxylic acids is 2. The number of nitrogens with one attached hydrogen (secondary N) is 1. The predicted molar refractivity (Wildman–Crippen MR) is 172 cm³/mol. The predicted octanol–water partition coefficient (Wildman–Crippen LogP) is 4.98. The van der Waals surface area contributed by atoms with E-state index in [4.69, 9.17) is 4.74 Å². The highest BCUT2D eigenvalue weighted by atomic mass is 19.1. The van der Waals surface area contributed by atoms with Gasteiger partial charge in [-0.05, 0) is 68.7 Å². The van der Waals surface area contributed by atoms with Gasteiger partial charge in [-0.2, -0.15) is 0 Å². The lowest BCUT2D eigenvalue weighted by Crippen LogP contribution is -2.40. The van der Waals surface area contributed by atoms with Crippen LogP contribution in [0.15, 0.2) is 59.8 Å². The molecule has 46 heavy (non-hydrogen) atoms. The number of amides is 1. The van der Waals surface area contributed by atoms with E-state index in [1.807, 2.05) is 39.8 Å². The van der Waals surface area contributed by atoms with Gasteiger partial charge in [-0.25, -0.2) is 14.2 Å². The first-order valence-electron chi connectivity index (χ1n) is 15.3. The van der Waals surface area contributed by atoms with Crippen LogP contribution in [-0.2, 0) is 17.8 Å². The number of nitrogens with zero attached hydrogens (tertiary/aromatic N) is 4. The van der Waals surface area contributed by atoms with Gasteiger partial charge in [0.2, 0.25) is 5.43 Å². The van der Waals surface area contributed by atoms with Crippen LogP contribution >= 0.6 is 0 Å². The molecule has 1 saturated heterocycles.